The third kappa shape index (κ3) is 3.44. The Labute approximate surface area is 147 Å². The van der Waals surface area contributed by atoms with E-state index in [4.69, 9.17) is 11.6 Å². The monoisotopic (exact) mass is 337 g/mol. The number of hydrogen-bond acceptors (Lipinski definition) is 1. The third-order valence-corrected chi connectivity index (χ3v) is 4.80. The van der Waals surface area contributed by atoms with Gasteiger partial charge in [-0.2, -0.15) is 0 Å². The molecule has 0 bridgehead atoms. The van der Waals surface area contributed by atoms with Crippen LogP contribution in [0.5, 0.6) is 0 Å². The first-order valence-corrected chi connectivity index (χ1v) is 8.42. The second-order valence-electron chi connectivity index (χ2n) is 6.05. The fourth-order valence-corrected chi connectivity index (χ4v) is 3.04. The summed E-state index contributed by atoms with van der Waals surface area (Å²) >= 11 is 5.94. The summed E-state index contributed by atoms with van der Waals surface area (Å²) in [7, 11) is 1.85. The summed E-state index contributed by atoms with van der Waals surface area (Å²) in [5.41, 5.74) is 2.14. The van der Waals surface area contributed by atoms with Crippen molar-refractivity contribution < 1.29 is 4.79 Å². The molecule has 0 aromatic heterocycles. The summed E-state index contributed by atoms with van der Waals surface area (Å²) in [6, 6.07) is 21.9. The Morgan fingerprint density at radius 1 is 1.00 bits per heavy atom. The first-order chi connectivity index (χ1) is 11.6. The summed E-state index contributed by atoms with van der Waals surface area (Å²) in [6.07, 6.45) is 0.399. The highest BCUT2D eigenvalue weighted by atomic mass is 35.5. The average molecular weight is 338 g/mol. The number of likely N-dealkylation sites (N-methyl/N-ethyl adjacent to an activating group) is 1. The van der Waals surface area contributed by atoms with Crippen molar-refractivity contribution in [2.45, 2.75) is 19.4 Å². The first kappa shape index (κ1) is 16.5. The van der Waals surface area contributed by atoms with Crippen LogP contribution in [-0.4, -0.2) is 17.9 Å². The van der Waals surface area contributed by atoms with Crippen LogP contribution in [-0.2, 0) is 11.2 Å². The van der Waals surface area contributed by atoms with E-state index in [0.717, 1.165) is 21.9 Å². The molecule has 3 heteroatoms. The molecule has 0 heterocycles. The highest BCUT2D eigenvalue weighted by Gasteiger charge is 2.18. The number of nitrogens with zero attached hydrogens (tertiary/aromatic N) is 1. The van der Waals surface area contributed by atoms with Gasteiger partial charge in [-0.05, 0) is 41.0 Å². The van der Waals surface area contributed by atoms with Crippen molar-refractivity contribution >= 4 is 28.3 Å². The molecule has 3 aromatic carbocycles. The second kappa shape index (κ2) is 7.06. The molecule has 1 amide bonds. The lowest BCUT2D eigenvalue weighted by Gasteiger charge is -2.25. The van der Waals surface area contributed by atoms with Gasteiger partial charge in [0.15, 0.2) is 0 Å². The molecule has 0 aliphatic heterocycles. The van der Waals surface area contributed by atoms with Gasteiger partial charge in [0.1, 0.15) is 0 Å². The highest BCUT2D eigenvalue weighted by molar-refractivity contribution is 6.30. The van der Waals surface area contributed by atoms with Crippen LogP contribution >= 0.6 is 11.6 Å². The van der Waals surface area contributed by atoms with Crippen LogP contribution in [0, 0.1) is 0 Å². The van der Waals surface area contributed by atoms with Crippen LogP contribution in [0.4, 0.5) is 0 Å². The highest BCUT2D eigenvalue weighted by Crippen LogP contribution is 2.23. The summed E-state index contributed by atoms with van der Waals surface area (Å²) in [4.78, 5) is 14.5. The van der Waals surface area contributed by atoms with Gasteiger partial charge in [0, 0.05) is 12.1 Å². The molecule has 0 N–H and O–H groups in total. The summed E-state index contributed by atoms with van der Waals surface area (Å²) in [5, 5.41) is 3.01. The molecule has 0 fully saturated rings. The molecule has 0 radical (unpaired) electrons. The molecule has 0 saturated heterocycles. The lowest BCUT2D eigenvalue weighted by molar-refractivity contribution is -0.131. The minimum atomic E-state index is 0.00439. The van der Waals surface area contributed by atoms with Gasteiger partial charge < -0.3 is 4.90 Å². The summed E-state index contributed by atoms with van der Waals surface area (Å²) in [5.74, 6) is 0.105. The largest absolute Gasteiger partial charge is 0.339 e. The van der Waals surface area contributed by atoms with E-state index in [1.54, 1.807) is 4.90 Å². The number of amides is 1. The van der Waals surface area contributed by atoms with Gasteiger partial charge in [0.05, 0.1) is 12.5 Å². The van der Waals surface area contributed by atoms with Crippen LogP contribution < -0.4 is 0 Å². The Morgan fingerprint density at radius 3 is 2.42 bits per heavy atom. The van der Waals surface area contributed by atoms with E-state index in [9.17, 15) is 4.79 Å². The van der Waals surface area contributed by atoms with Gasteiger partial charge in [0.25, 0.3) is 0 Å². The van der Waals surface area contributed by atoms with Crippen molar-refractivity contribution in [2.75, 3.05) is 7.05 Å². The van der Waals surface area contributed by atoms with E-state index in [-0.39, 0.29) is 11.9 Å². The zero-order chi connectivity index (χ0) is 17.1. The molecule has 0 aliphatic rings. The molecule has 0 saturated carbocycles. The van der Waals surface area contributed by atoms with Gasteiger partial charge in [-0.1, -0.05) is 66.2 Å². The molecular formula is C21H20ClNO. The zero-order valence-electron chi connectivity index (χ0n) is 13.9. The van der Waals surface area contributed by atoms with Crippen molar-refractivity contribution in [1.29, 1.82) is 0 Å². The van der Waals surface area contributed by atoms with Crippen molar-refractivity contribution in [3.63, 3.8) is 0 Å². The summed E-state index contributed by atoms with van der Waals surface area (Å²) < 4.78 is 0. The van der Waals surface area contributed by atoms with E-state index in [1.807, 2.05) is 62.5 Å². The van der Waals surface area contributed by atoms with Gasteiger partial charge in [0.2, 0.25) is 5.91 Å². The lowest BCUT2D eigenvalue weighted by Crippen LogP contribution is -2.31. The Balaban J connectivity index is 1.79. The van der Waals surface area contributed by atoms with Gasteiger partial charge in [-0.15, -0.1) is 0 Å². The second-order valence-corrected chi connectivity index (χ2v) is 6.48. The molecule has 122 valence electrons. The minimum absolute atomic E-state index is 0.00439. The zero-order valence-corrected chi connectivity index (χ0v) is 14.6. The van der Waals surface area contributed by atoms with Crippen LogP contribution in [0.15, 0.2) is 66.7 Å². The first-order valence-electron chi connectivity index (χ1n) is 8.04. The minimum Gasteiger partial charge on any atom is -0.339 e. The Morgan fingerprint density at radius 2 is 1.67 bits per heavy atom. The maximum atomic E-state index is 12.7. The van der Waals surface area contributed by atoms with Crippen LogP contribution in [0.3, 0.4) is 0 Å². The quantitative estimate of drug-likeness (QED) is 0.636. The van der Waals surface area contributed by atoms with Crippen molar-refractivity contribution in [1.82, 2.24) is 4.90 Å². The van der Waals surface area contributed by atoms with E-state index in [2.05, 4.69) is 18.2 Å². The molecule has 0 aliphatic carbocycles. The number of hydrogen-bond donors (Lipinski definition) is 0. The summed E-state index contributed by atoms with van der Waals surface area (Å²) in [6.45, 7) is 2.03. The number of halogens is 1. The molecule has 1 atom stereocenters. The predicted octanol–water partition coefficient (Wildman–Crippen LogP) is 5.26. The van der Waals surface area contributed by atoms with E-state index in [0.29, 0.717) is 11.4 Å². The lowest BCUT2D eigenvalue weighted by atomic mass is 10.0. The standard InChI is InChI=1S/C21H20ClNO/c1-15(16-10-12-19(22)13-11-16)23(2)21(24)14-18-8-5-7-17-6-3-4-9-20(17)18/h3-13,15H,14H2,1-2H3. The number of carbonyl (C=O) groups is 1. The smallest absolute Gasteiger partial charge is 0.227 e. The number of rotatable bonds is 4. The van der Waals surface area contributed by atoms with Crippen LogP contribution in [0.1, 0.15) is 24.1 Å². The van der Waals surface area contributed by atoms with E-state index >= 15 is 0 Å². The van der Waals surface area contributed by atoms with Crippen LogP contribution in [0.25, 0.3) is 10.8 Å². The van der Waals surface area contributed by atoms with E-state index in [1.165, 1.54) is 0 Å². The maximum absolute atomic E-state index is 12.7. The van der Waals surface area contributed by atoms with Crippen LogP contribution in [0.2, 0.25) is 5.02 Å². The Kier molecular flexibility index (Phi) is 4.86. The molecule has 24 heavy (non-hydrogen) atoms. The normalized spacial score (nSPS) is 12.1. The van der Waals surface area contributed by atoms with Crippen molar-refractivity contribution in [2.24, 2.45) is 0 Å². The van der Waals surface area contributed by atoms with Gasteiger partial charge in [-0.25, -0.2) is 0 Å². The molecule has 1 unspecified atom stereocenters. The van der Waals surface area contributed by atoms with E-state index < -0.39 is 0 Å². The molecule has 3 aromatic rings. The number of carbonyl (C=O) groups excluding carboxylic acids is 1. The Hall–Kier alpha value is -2.32. The fraction of sp³-hybridized carbons (Fsp3) is 0.190. The molecule has 0 spiro atoms. The number of fused-ring (bicyclic) bond motifs is 1. The topological polar surface area (TPSA) is 20.3 Å². The maximum Gasteiger partial charge on any atom is 0.227 e. The number of benzene rings is 3. The van der Waals surface area contributed by atoms with Gasteiger partial charge in [-0.3, -0.25) is 4.79 Å². The SMILES string of the molecule is CC(c1ccc(Cl)cc1)N(C)C(=O)Cc1cccc2ccccc12. The molecular weight excluding hydrogens is 318 g/mol. The molecule has 3 rings (SSSR count). The van der Waals surface area contributed by atoms with Crippen molar-refractivity contribution in [3.8, 4) is 0 Å². The predicted molar refractivity (Wildman–Crippen MR) is 100 cm³/mol. The van der Waals surface area contributed by atoms with Gasteiger partial charge >= 0.3 is 0 Å². The average Bonchev–Trinajstić information content (AvgIpc) is 2.61. The fourth-order valence-electron chi connectivity index (χ4n) is 2.92. The molecule has 2 nitrogen and oxygen atoms in total. The Bertz CT molecular complexity index is 852. The third-order valence-electron chi connectivity index (χ3n) is 4.55. The van der Waals surface area contributed by atoms with Crippen molar-refractivity contribution in [3.05, 3.63) is 82.9 Å².